The van der Waals surface area contributed by atoms with Gasteiger partial charge in [0.25, 0.3) is 11.8 Å². The zero-order valence-corrected chi connectivity index (χ0v) is 12.0. The summed E-state index contributed by atoms with van der Waals surface area (Å²) in [5, 5.41) is 2.57. The number of hydrogen-bond acceptors (Lipinski definition) is 5. The lowest BCUT2D eigenvalue weighted by molar-refractivity contribution is -0.144. The molecule has 1 aromatic heterocycles. The summed E-state index contributed by atoms with van der Waals surface area (Å²) in [5.41, 5.74) is 0. The van der Waals surface area contributed by atoms with Gasteiger partial charge in [-0.1, -0.05) is 0 Å². The Morgan fingerprint density at radius 3 is 2.67 bits per heavy atom. The summed E-state index contributed by atoms with van der Waals surface area (Å²) in [6.45, 7) is 3.34. The molecule has 2 atom stereocenters. The second kappa shape index (κ2) is 5.85. The summed E-state index contributed by atoms with van der Waals surface area (Å²) in [7, 11) is 0. The fourth-order valence-electron chi connectivity index (χ4n) is 2.75. The van der Waals surface area contributed by atoms with Gasteiger partial charge >= 0.3 is 6.01 Å². The maximum atomic E-state index is 12.2. The van der Waals surface area contributed by atoms with Gasteiger partial charge in [-0.15, -0.1) is 0 Å². The summed E-state index contributed by atoms with van der Waals surface area (Å²) in [6, 6.07) is 0.162. The number of carbonyl (C=O) groups is 2. The molecule has 3 rings (SSSR count). The Balaban J connectivity index is 1.53. The number of oxazole rings is 1. The van der Waals surface area contributed by atoms with Gasteiger partial charge in [0.1, 0.15) is 18.0 Å². The molecule has 1 N–H and O–H groups in total. The van der Waals surface area contributed by atoms with E-state index in [1.807, 2.05) is 4.90 Å². The highest BCUT2D eigenvalue weighted by Crippen LogP contribution is 2.24. The van der Waals surface area contributed by atoms with E-state index >= 15 is 0 Å². The largest absolute Gasteiger partial charge is 0.429 e. The average molecular weight is 293 g/mol. The molecule has 0 unspecified atom stereocenters. The van der Waals surface area contributed by atoms with Crippen molar-refractivity contribution in [2.24, 2.45) is 0 Å². The first-order valence-electron chi connectivity index (χ1n) is 7.31. The first kappa shape index (κ1) is 14.1. The number of likely N-dealkylation sites (tertiary alicyclic amines) is 1. The van der Waals surface area contributed by atoms with Crippen LogP contribution in [0.1, 0.15) is 31.4 Å². The molecule has 2 aliphatic heterocycles. The number of amides is 2. The summed E-state index contributed by atoms with van der Waals surface area (Å²) >= 11 is 0. The van der Waals surface area contributed by atoms with Crippen molar-refractivity contribution in [2.45, 2.75) is 44.8 Å². The number of aromatic nitrogens is 1. The molecule has 7 nitrogen and oxygen atoms in total. The number of nitrogens with zero attached hydrogens (tertiary/aromatic N) is 2. The Labute approximate surface area is 122 Å². The number of carbonyl (C=O) groups excluding carboxylic acids is 2. The monoisotopic (exact) mass is 293 g/mol. The van der Waals surface area contributed by atoms with Crippen LogP contribution in [-0.4, -0.2) is 47.0 Å². The smallest absolute Gasteiger partial charge is 0.301 e. The van der Waals surface area contributed by atoms with E-state index in [1.54, 1.807) is 6.92 Å². The Hall–Kier alpha value is -1.89. The average Bonchev–Trinajstić information content (AvgIpc) is 3.19. The molecule has 0 radical (unpaired) electrons. The van der Waals surface area contributed by atoms with Gasteiger partial charge in [-0.2, -0.15) is 0 Å². The highest BCUT2D eigenvalue weighted by atomic mass is 16.5. The molecular weight excluding hydrogens is 274 g/mol. The van der Waals surface area contributed by atoms with Crippen molar-refractivity contribution in [1.82, 2.24) is 9.88 Å². The third-order valence-corrected chi connectivity index (χ3v) is 3.86. The summed E-state index contributed by atoms with van der Waals surface area (Å²) < 4.78 is 10.8. The van der Waals surface area contributed by atoms with Gasteiger partial charge in [0.05, 0.1) is 6.20 Å². The lowest BCUT2D eigenvalue weighted by Gasteiger charge is -2.20. The molecule has 1 aromatic rings. The van der Waals surface area contributed by atoms with Crippen molar-refractivity contribution in [2.75, 3.05) is 18.4 Å². The number of anilines is 1. The predicted octanol–water partition coefficient (Wildman–Crippen LogP) is 1.09. The number of hydrogen-bond donors (Lipinski definition) is 1. The summed E-state index contributed by atoms with van der Waals surface area (Å²) in [4.78, 5) is 30.0. The minimum Gasteiger partial charge on any atom is -0.429 e. The van der Waals surface area contributed by atoms with Crippen molar-refractivity contribution in [1.29, 1.82) is 0 Å². The topological polar surface area (TPSA) is 84.7 Å². The first-order chi connectivity index (χ1) is 10.1. The molecule has 0 saturated carbocycles. The SMILES string of the molecule is Cc1cnc(NC(=O)[C@@H]2CC[C@H](C(=O)N3CCCC3)O2)o1. The minimum absolute atomic E-state index is 0.00904. The molecular formula is C14H19N3O4. The van der Waals surface area contributed by atoms with Crippen molar-refractivity contribution < 1.29 is 18.7 Å². The molecule has 2 amide bonds. The van der Waals surface area contributed by atoms with E-state index in [0.717, 1.165) is 25.9 Å². The normalized spacial score (nSPS) is 25.3. The van der Waals surface area contributed by atoms with Crippen LogP contribution in [0.2, 0.25) is 0 Å². The zero-order valence-electron chi connectivity index (χ0n) is 12.0. The number of aryl methyl sites for hydroxylation is 1. The van der Waals surface area contributed by atoms with Crippen LogP contribution in [0.25, 0.3) is 0 Å². The molecule has 114 valence electrons. The summed E-state index contributed by atoms with van der Waals surface area (Å²) in [5.74, 6) is 0.322. The van der Waals surface area contributed by atoms with Crippen LogP contribution in [0.4, 0.5) is 6.01 Å². The van der Waals surface area contributed by atoms with Crippen LogP contribution in [0, 0.1) is 6.92 Å². The van der Waals surface area contributed by atoms with E-state index in [0.29, 0.717) is 18.6 Å². The standard InChI is InChI=1S/C14H19N3O4/c1-9-8-15-14(20-9)16-12(18)10-4-5-11(21-10)13(19)17-6-2-3-7-17/h8,10-11H,2-7H2,1H3,(H,15,16,18)/t10-,11+/m0/s1. The molecule has 3 heterocycles. The molecule has 7 heteroatoms. The van der Waals surface area contributed by atoms with E-state index in [-0.39, 0.29) is 17.8 Å². The van der Waals surface area contributed by atoms with E-state index < -0.39 is 12.2 Å². The Kier molecular flexibility index (Phi) is 3.92. The number of ether oxygens (including phenoxy) is 1. The van der Waals surface area contributed by atoms with Crippen LogP contribution in [0.5, 0.6) is 0 Å². The Morgan fingerprint density at radius 2 is 2.00 bits per heavy atom. The second-order valence-electron chi connectivity index (χ2n) is 5.49. The van der Waals surface area contributed by atoms with Crippen molar-refractivity contribution in [3.63, 3.8) is 0 Å². The predicted molar refractivity (Wildman–Crippen MR) is 73.6 cm³/mol. The van der Waals surface area contributed by atoms with Crippen LogP contribution in [-0.2, 0) is 14.3 Å². The fourth-order valence-corrected chi connectivity index (χ4v) is 2.75. The number of rotatable bonds is 3. The molecule has 0 aliphatic carbocycles. The number of nitrogens with one attached hydrogen (secondary N) is 1. The first-order valence-corrected chi connectivity index (χ1v) is 7.31. The molecule has 0 bridgehead atoms. The van der Waals surface area contributed by atoms with Gasteiger partial charge in [0.15, 0.2) is 0 Å². The Morgan fingerprint density at radius 1 is 1.29 bits per heavy atom. The van der Waals surface area contributed by atoms with Crippen molar-refractivity contribution in [3.05, 3.63) is 12.0 Å². The summed E-state index contributed by atoms with van der Waals surface area (Å²) in [6.07, 6.45) is 3.63. The van der Waals surface area contributed by atoms with Gasteiger partial charge in [-0.25, -0.2) is 4.98 Å². The third-order valence-electron chi connectivity index (χ3n) is 3.86. The maximum absolute atomic E-state index is 12.2. The van der Waals surface area contributed by atoms with Crippen LogP contribution >= 0.6 is 0 Å². The lowest BCUT2D eigenvalue weighted by atomic mass is 10.1. The van der Waals surface area contributed by atoms with Gasteiger partial charge in [0.2, 0.25) is 0 Å². The van der Waals surface area contributed by atoms with E-state index in [1.165, 1.54) is 6.20 Å². The van der Waals surface area contributed by atoms with Crippen LogP contribution in [0.3, 0.4) is 0 Å². The molecule has 2 saturated heterocycles. The second-order valence-corrected chi connectivity index (χ2v) is 5.49. The maximum Gasteiger partial charge on any atom is 0.301 e. The fraction of sp³-hybridized carbons (Fsp3) is 0.643. The Bertz CT molecular complexity index is 536. The van der Waals surface area contributed by atoms with Gasteiger partial charge < -0.3 is 14.1 Å². The van der Waals surface area contributed by atoms with Crippen LogP contribution in [0.15, 0.2) is 10.6 Å². The molecule has 0 spiro atoms. The quantitative estimate of drug-likeness (QED) is 0.901. The zero-order chi connectivity index (χ0) is 14.8. The van der Waals surface area contributed by atoms with E-state index in [4.69, 9.17) is 9.15 Å². The lowest BCUT2D eigenvalue weighted by Crippen LogP contribution is -2.38. The van der Waals surface area contributed by atoms with Gasteiger partial charge in [-0.3, -0.25) is 14.9 Å². The third kappa shape index (κ3) is 3.07. The minimum atomic E-state index is -0.617. The molecule has 2 fully saturated rings. The van der Waals surface area contributed by atoms with Crippen molar-refractivity contribution >= 4 is 17.8 Å². The molecule has 21 heavy (non-hydrogen) atoms. The molecule has 0 aromatic carbocycles. The van der Waals surface area contributed by atoms with Crippen molar-refractivity contribution in [3.8, 4) is 0 Å². The molecule has 2 aliphatic rings. The van der Waals surface area contributed by atoms with Gasteiger partial charge in [-0.05, 0) is 32.6 Å². The van der Waals surface area contributed by atoms with Crippen LogP contribution < -0.4 is 5.32 Å². The van der Waals surface area contributed by atoms with E-state index in [2.05, 4.69) is 10.3 Å². The highest BCUT2D eigenvalue weighted by Gasteiger charge is 2.37. The van der Waals surface area contributed by atoms with E-state index in [9.17, 15) is 9.59 Å². The highest BCUT2D eigenvalue weighted by molar-refractivity contribution is 5.93. The van der Waals surface area contributed by atoms with Gasteiger partial charge in [0, 0.05) is 13.1 Å².